The van der Waals surface area contributed by atoms with E-state index >= 15 is 0 Å². The summed E-state index contributed by atoms with van der Waals surface area (Å²) in [4.78, 5) is 23.1. The first-order valence-corrected chi connectivity index (χ1v) is 16.3. The molecule has 0 saturated carbocycles. The van der Waals surface area contributed by atoms with E-state index in [2.05, 4.69) is 11.7 Å². The van der Waals surface area contributed by atoms with Gasteiger partial charge in [0.2, 0.25) is 0 Å². The minimum absolute atomic E-state index is 0.0772. The fourth-order valence-electron chi connectivity index (χ4n) is 5.10. The molecule has 0 atom stereocenters. The van der Waals surface area contributed by atoms with Crippen molar-refractivity contribution >= 4 is 11.8 Å². The summed E-state index contributed by atoms with van der Waals surface area (Å²) >= 11 is 0. The maximum Gasteiger partial charge on any atom is 0.305 e. The van der Waals surface area contributed by atoms with E-state index in [1.54, 1.807) is 0 Å². The summed E-state index contributed by atoms with van der Waals surface area (Å²) in [7, 11) is 1.46. The van der Waals surface area contributed by atoms with Crippen LogP contribution in [0.4, 0.5) is 0 Å². The summed E-state index contributed by atoms with van der Waals surface area (Å²) in [5.41, 5.74) is 0. The third-order valence-electron chi connectivity index (χ3n) is 7.62. The van der Waals surface area contributed by atoms with Gasteiger partial charge in [0.25, 0.3) is 0 Å². The predicted molar refractivity (Wildman–Crippen MR) is 157 cm³/mol. The Labute approximate surface area is 226 Å². The van der Waals surface area contributed by atoms with Gasteiger partial charge in [0, 0.05) is 19.3 Å². The van der Waals surface area contributed by atoms with Crippen molar-refractivity contribution in [1.29, 1.82) is 0 Å². The van der Waals surface area contributed by atoms with Gasteiger partial charge in [0.05, 0.1) is 7.11 Å². The molecule has 0 bridgehead atoms. The fourth-order valence-corrected chi connectivity index (χ4v) is 5.10. The van der Waals surface area contributed by atoms with Gasteiger partial charge in [-0.1, -0.05) is 155 Å². The van der Waals surface area contributed by atoms with Crippen molar-refractivity contribution < 1.29 is 14.3 Å². The Bertz CT molecular complexity index is 460. The van der Waals surface area contributed by atoms with Gasteiger partial charge in [0.1, 0.15) is 5.78 Å². The number of unbranched alkanes of at least 4 members (excludes halogenated alkanes) is 24. The molecule has 0 saturated heterocycles. The number of methoxy groups -OCH3 is 1. The molecule has 0 aromatic rings. The van der Waals surface area contributed by atoms with Crippen LogP contribution in [0.3, 0.4) is 0 Å². The normalized spacial score (nSPS) is 11.2. The molecule has 36 heavy (non-hydrogen) atoms. The monoisotopic (exact) mass is 508 g/mol. The van der Waals surface area contributed by atoms with Crippen molar-refractivity contribution in [3.8, 4) is 0 Å². The molecule has 214 valence electrons. The third-order valence-corrected chi connectivity index (χ3v) is 7.62. The molecular weight excluding hydrogens is 444 g/mol. The predicted octanol–water partition coefficient (Wildman–Crippen LogP) is 11.1. The smallest absolute Gasteiger partial charge is 0.305 e. The summed E-state index contributed by atoms with van der Waals surface area (Å²) in [6.07, 6.45) is 36.4. The Morgan fingerprint density at radius 1 is 0.389 bits per heavy atom. The van der Waals surface area contributed by atoms with Crippen LogP contribution in [0.5, 0.6) is 0 Å². The number of hydrogen-bond donors (Lipinski definition) is 0. The molecule has 0 amide bonds. The first-order chi connectivity index (χ1) is 17.7. The minimum Gasteiger partial charge on any atom is -0.469 e. The van der Waals surface area contributed by atoms with Crippen molar-refractivity contribution in [2.45, 2.75) is 193 Å². The second-order valence-corrected chi connectivity index (χ2v) is 11.2. The largest absolute Gasteiger partial charge is 0.469 e. The van der Waals surface area contributed by atoms with Gasteiger partial charge < -0.3 is 4.74 Å². The van der Waals surface area contributed by atoms with Crippen LogP contribution in [0.1, 0.15) is 193 Å². The van der Waals surface area contributed by atoms with Crippen LogP contribution >= 0.6 is 0 Å². The van der Waals surface area contributed by atoms with E-state index in [0.29, 0.717) is 12.2 Å². The van der Waals surface area contributed by atoms with Crippen LogP contribution in [0.15, 0.2) is 0 Å². The van der Waals surface area contributed by atoms with Crippen LogP contribution in [-0.2, 0) is 14.3 Å². The van der Waals surface area contributed by atoms with Gasteiger partial charge in [-0.15, -0.1) is 0 Å². The SMILES string of the molecule is CCCCCCCCCCCCCCCC(=O)CCCCCCCCCCCCCCCC(=O)OC. The molecule has 0 N–H and O–H groups in total. The summed E-state index contributed by atoms with van der Waals surface area (Å²) in [6.45, 7) is 2.28. The van der Waals surface area contributed by atoms with E-state index in [1.807, 2.05) is 0 Å². The molecule has 0 rings (SSSR count). The summed E-state index contributed by atoms with van der Waals surface area (Å²) < 4.78 is 4.66. The molecule has 0 fully saturated rings. The number of rotatable bonds is 30. The molecule has 0 aliphatic heterocycles. The summed E-state index contributed by atoms with van der Waals surface area (Å²) in [5, 5.41) is 0. The number of esters is 1. The number of Topliss-reactive ketones (excluding diaryl/α,β-unsaturated/α-hetero) is 1. The van der Waals surface area contributed by atoms with E-state index < -0.39 is 0 Å². The van der Waals surface area contributed by atoms with Crippen LogP contribution in [0, 0.1) is 0 Å². The van der Waals surface area contributed by atoms with Crippen LogP contribution < -0.4 is 0 Å². The zero-order valence-electron chi connectivity index (χ0n) is 24.7. The molecule has 0 aliphatic carbocycles. The van der Waals surface area contributed by atoms with Gasteiger partial charge in [-0.3, -0.25) is 9.59 Å². The van der Waals surface area contributed by atoms with Crippen molar-refractivity contribution in [2.75, 3.05) is 7.11 Å². The highest BCUT2D eigenvalue weighted by Gasteiger charge is 2.02. The second kappa shape index (κ2) is 30.4. The lowest BCUT2D eigenvalue weighted by molar-refractivity contribution is -0.140. The maximum atomic E-state index is 12.1. The first-order valence-electron chi connectivity index (χ1n) is 16.3. The van der Waals surface area contributed by atoms with Gasteiger partial charge >= 0.3 is 5.97 Å². The van der Waals surface area contributed by atoms with Crippen LogP contribution in [0.2, 0.25) is 0 Å². The van der Waals surface area contributed by atoms with E-state index in [9.17, 15) is 9.59 Å². The molecule has 0 aromatic carbocycles. The molecule has 0 radical (unpaired) electrons. The molecule has 0 aromatic heterocycles. The van der Waals surface area contributed by atoms with E-state index in [4.69, 9.17) is 0 Å². The van der Waals surface area contributed by atoms with Crippen LogP contribution in [0.25, 0.3) is 0 Å². The Morgan fingerprint density at radius 2 is 0.639 bits per heavy atom. The van der Waals surface area contributed by atoms with Crippen molar-refractivity contribution in [1.82, 2.24) is 0 Å². The average Bonchev–Trinajstić information content (AvgIpc) is 2.88. The number of carbonyl (C=O) groups excluding carboxylic acids is 2. The highest BCUT2D eigenvalue weighted by atomic mass is 16.5. The van der Waals surface area contributed by atoms with E-state index in [1.165, 1.54) is 148 Å². The number of hydrogen-bond acceptors (Lipinski definition) is 3. The highest BCUT2D eigenvalue weighted by molar-refractivity contribution is 5.78. The first kappa shape index (κ1) is 35.1. The van der Waals surface area contributed by atoms with Crippen molar-refractivity contribution in [3.05, 3.63) is 0 Å². The van der Waals surface area contributed by atoms with E-state index in [-0.39, 0.29) is 5.97 Å². The number of ether oxygens (including phenoxy) is 1. The van der Waals surface area contributed by atoms with Crippen molar-refractivity contribution in [3.63, 3.8) is 0 Å². The second-order valence-electron chi connectivity index (χ2n) is 11.2. The number of ketones is 1. The van der Waals surface area contributed by atoms with Crippen LogP contribution in [-0.4, -0.2) is 18.9 Å². The number of carbonyl (C=O) groups is 2. The van der Waals surface area contributed by atoms with Gasteiger partial charge in [-0.25, -0.2) is 0 Å². The van der Waals surface area contributed by atoms with Crippen molar-refractivity contribution in [2.24, 2.45) is 0 Å². The van der Waals surface area contributed by atoms with Gasteiger partial charge in [-0.2, -0.15) is 0 Å². The Hall–Kier alpha value is -0.860. The summed E-state index contributed by atoms with van der Waals surface area (Å²) in [6, 6.07) is 0. The van der Waals surface area contributed by atoms with Gasteiger partial charge in [0.15, 0.2) is 0 Å². The molecule has 0 spiro atoms. The average molecular weight is 509 g/mol. The topological polar surface area (TPSA) is 43.4 Å². The quantitative estimate of drug-likeness (QED) is 0.0715. The lowest BCUT2D eigenvalue weighted by atomic mass is 10.0. The molecule has 0 aliphatic rings. The molecule has 0 unspecified atom stereocenters. The fraction of sp³-hybridized carbons (Fsp3) is 0.939. The zero-order valence-corrected chi connectivity index (χ0v) is 24.7. The van der Waals surface area contributed by atoms with Gasteiger partial charge in [-0.05, 0) is 19.3 Å². The standard InChI is InChI=1S/C33H64O3/c1-3-4-5-6-7-8-9-11-14-17-20-23-26-29-32(34)30-27-24-21-18-15-12-10-13-16-19-22-25-28-31-33(35)36-2/h3-31H2,1-2H3. The highest BCUT2D eigenvalue weighted by Crippen LogP contribution is 2.15. The Balaban J connectivity index is 3.16. The molecule has 3 nitrogen and oxygen atoms in total. The lowest BCUT2D eigenvalue weighted by Gasteiger charge is -2.04. The molecule has 0 heterocycles. The van der Waals surface area contributed by atoms with E-state index in [0.717, 1.165) is 38.5 Å². The molecular formula is C33H64O3. The molecule has 3 heteroatoms. The lowest BCUT2D eigenvalue weighted by Crippen LogP contribution is -1.99. The Morgan fingerprint density at radius 3 is 0.917 bits per heavy atom. The Kier molecular flexibility index (Phi) is 29.6. The zero-order chi connectivity index (χ0) is 26.4. The summed E-state index contributed by atoms with van der Waals surface area (Å²) in [5.74, 6) is 0.426. The third kappa shape index (κ3) is 29.4. The minimum atomic E-state index is -0.0772. The maximum absolute atomic E-state index is 12.1.